The van der Waals surface area contributed by atoms with Gasteiger partial charge in [0.15, 0.2) is 0 Å². The van der Waals surface area contributed by atoms with Crippen LogP contribution in [-0.2, 0) is 12.8 Å². The average molecular weight is 394 g/mol. The number of hydrogen-bond acceptors (Lipinski definition) is 2. The monoisotopic (exact) mass is 392 g/mol. The lowest BCUT2D eigenvalue weighted by molar-refractivity contribution is 0.792. The number of likely N-dealkylation sites (N-methyl/N-ethyl adjacent to an activating group) is 1. The standard InChI is InChI=1S/C9H11Cl2N.C8H9Cl2N/c1-12-6-5-7-8(10)3-2-4-9(7)11;9-7-2-1-3-8(10)6(7)4-5-11/h2-4,12H,5-6H2,1H3;1-3H,4-5,11H2. The molecule has 0 radical (unpaired) electrons. The molecule has 0 spiro atoms. The molecule has 0 aromatic heterocycles. The summed E-state index contributed by atoms with van der Waals surface area (Å²) < 4.78 is 0. The normalized spacial score (nSPS) is 10.2. The molecule has 0 unspecified atom stereocenters. The van der Waals surface area contributed by atoms with Crippen molar-refractivity contribution >= 4 is 46.4 Å². The van der Waals surface area contributed by atoms with Gasteiger partial charge in [0.1, 0.15) is 0 Å². The largest absolute Gasteiger partial charge is 0.330 e. The van der Waals surface area contributed by atoms with Gasteiger partial charge in [0.2, 0.25) is 0 Å². The van der Waals surface area contributed by atoms with E-state index in [1.807, 2.05) is 43.4 Å². The molecule has 23 heavy (non-hydrogen) atoms. The van der Waals surface area contributed by atoms with E-state index in [0.29, 0.717) is 16.6 Å². The summed E-state index contributed by atoms with van der Waals surface area (Å²) in [6.45, 7) is 1.47. The number of hydrogen-bond donors (Lipinski definition) is 2. The van der Waals surface area contributed by atoms with Crippen molar-refractivity contribution in [1.29, 1.82) is 0 Å². The molecular formula is C17H20Cl4N2. The van der Waals surface area contributed by atoms with Crippen molar-refractivity contribution < 1.29 is 0 Å². The minimum Gasteiger partial charge on any atom is -0.330 e. The first kappa shape index (κ1) is 20.6. The lowest BCUT2D eigenvalue weighted by Gasteiger charge is -2.05. The fourth-order valence-electron chi connectivity index (χ4n) is 1.94. The number of nitrogens with one attached hydrogen (secondary N) is 1. The number of benzene rings is 2. The molecule has 0 atom stereocenters. The van der Waals surface area contributed by atoms with Crippen molar-refractivity contribution in [3.05, 3.63) is 67.6 Å². The highest BCUT2D eigenvalue weighted by molar-refractivity contribution is 6.36. The Morgan fingerprint density at radius 3 is 1.52 bits per heavy atom. The van der Waals surface area contributed by atoms with Gasteiger partial charge in [-0.05, 0) is 68.4 Å². The summed E-state index contributed by atoms with van der Waals surface area (Å²) in [6.07, 6.45) is 1.60. The van der Waals surface area contributed by atoms with Crippen LogP contribution >= 0.6 is 46.4 Å². The van der Waals surface area contributed by atoms with Crippen molar-refractivity contribution in [2.45, 2.75) is 12.8 Å². The van der Waals surface area contributed by atoms with Crippen LogP contribution in [-0.4, -0.2) is 20.1 Å². The Labute approximate surface area is 157 Å². The van der Waals surface area contributed by atoms with E-state index < -0.39 is 0 Å². The van der Waals surface area contributed by atoms with Gasteiger partial charge in [-0.2, -0.15) is 0 Å². The van der Waals surface area contributed by atoms with Crippen molar-refractivity contribution in [1.82, 2.24) is 5.32 Å². The minimum absolute atomic E-state index is 0.573. The van der Waals surface area contributed by atoms with E-state index >= 15 is 0 Å². The van der Waals surface area contributed by atoms with Crippen LogP contribution in [0.2, 0.25) is 20.1 Å². The molecule has 0 fully saturated rings. The molecule has 2 rings (SSSR count). The van der Waals surface area contributed by atoms with Gasteiger partial charge in [0.25, 0.3) is 0 Å². The van der Waals surface area contributed by atoms with Crippen LogP contribution in [0.4, 0.5) is 0 Å². The lowest BCUT2D eigenvalue weighted by atomic mass is 10.1. The van der Waals surface area contributed by atoms with Crippen molar-refractivity contribution in [2.24, 2.45) is 5.73 Å². The molecule has 0 aliphatic carbocycles. The summed E-state index contributed by atoms with van der Waals surface area (Å²) in [6, 6.07) is 11.0. The summed E-state index contributed by atoms with van der Waals surface area (Å²) in [5.74, 6) is 0. The Hall–Kier alpha value is -0.480. The number of halogens is 4. The summed E-state index contributed by atoms with van der Waals surface area (Å²) in [4.78, 5) is 0. The van der Waals surface area contributed by atoms with E-state index in [9.17, 15) is 0 Å². The van der Waals surface area contributed by atoms with Gasteiger partial charge in [-0.1, -0.05) is 58.5 Å². The lowest BCUT2D eigenvalue weighted by Crippen LogP contribution is -2.10. The van der Waals surface area contributed by atoms with Crippen LogP contribution in [0.5, 0.6) is 0 Å². The van der Waals surface area contributed by atoms with Crippen LogP contribution in [0, 0.1) is 0 Å². The highest BCUT2D eigenvalue weighted by Gasteiger charge is 2.03. The van der Waals surface area contributed by atoms with Gasteiger partial charge < -0.3 is 11.1 Å². The second kappa shape index (κ2) is 11.1. The van der Waals surface area contributed by atoms with E-state index in [2.05, 4.69) is 5.32 Å². The molecule has 2 aromatic rings. The SMILES string of the molecule is CNCCc1c(Cl)cccc1Cl.NCCc1c(Cl)cccc1Cl. The molecule has 0 saturated heterocycles. The van der Waals surface area contributed by atoms with E-state index in [4.69, 9.17) is 52.1 Å². The zero-order chi connectivity index (χ0) is 17.2. The summed E-state index contributed by atoms with van der Waals surface area (Å²) in [5, 5.41) is 5.94. The zero-order valence-corrected chi connectivity index (χ0v) is 15.9. The molecule has 2 aromatic carbocycles. The van der Waals surface area contributed by atoms with Crippen molar-refractivity contribution in [2.75, 3.05) is 20.1 Å². The molecule has 0 saturated carbocycles. The quantitative estimate of drug-likeness (QED) is 0.727. The van der Waals surface area contributed by atoms with E-state index in [-0.39, 0.29) is 0 Å². The predicted octanol–water partition coefficient (Wildman–Crippen LogP) is 5.25. The third-order valence-electron chi connectivity index (χ3n) is 3.14. The molecule has 3 N–H and O–H groups in total. The summed E-state index contributed by atoms with van der Waals surface area (Å²) >= 11 is 23.6. The maximum atomic E-state index is 5.95. The van der Waals surface area contributed by atoms with Crippen LogP contribution in [0.3, 0.4) is 0 Å². The van der Waals surface area contributed by atoms with E-state index in [1.165, 1.54) is 0 Å². The Balaban J connectivity index is 0.000000231. The van der Waals surface area contributed by atoms with E-state index in [0.717, 1.165) is 40.6 Å². The zero-order valence-electron chi connectivity index (χ0n) is 12.9. The second-order valence-electron chi connectivity index (χ2n) is 4.79. The molecule has 126 valence electrons. The molecule has 0 aliphatic rings. The molecule has 0 heterocycles. The van der Waals surface area contributed by atoms with Crippen molar-refractivity contribution in [3.8, 4) is 0 Å². The second-order valence-corrected chi connectivity index (χ2v) is 6.42. The highest BCUT2D eigenvalue weighted by Crippen LogP contribution is 2.24. The Morgan fingerprint density at radius 2 is 1.17 bits per heavy atom. The molecule has 0 bridgehead atoms. The van der Waals surface area contributed by atoms with Crippen LogP contribution in [0.25, 0.3) is 0 Å². The van der Waals surface area contributed by atoms with Gasteiger partial charge in [-0.15, -0.1) is 0 Å². The van der Waals surface area contributed by atoms with E-state index in [1.54, 1.807) is 0 Å². The van der Waals surface area contributed by atoms with Crippen LogP contribution < -0.4 is 11.1 Å². The first-order valence-electron chi connectivity index (χ1n) is 7.21. The highest BCUT2D eigenvalue weighted by atomic mass is 35.5. The van der Waals surface area contributed by atoms with Crippen LogP contribution in [0.15, 0.2) is 36.4 Å². The third-order valence-corrected chi connectivity index (χ3v) is 4.56. The van der Waals surface area contributed by atoms with Gasteiger partial charge in [-0.25, -0.2) is 0 Å². The van der Waals surface area contributed by atoms with Gasteiger partial charge in [0, 0.05) is 20.1 Å². The molecule has 0 aliphatic heterocycles. The Morgan fingerprint density at radius 1 is 0.783 bits per heavy atom. The number of rotatable bonds is 5. The fourth-order valence-corrected chi connectivity index (χ4v) is 3.11. The van der Waals surface area contributed by atoms with Crippen molar-refractivity contribution in [3.63, 3.8) is 0 Å². The third kappa shape index (κ3) is 6.88. The molecular weight excluding hydrogens is 374 g/mol. The molecule has 2 nitrogen and oxygen atoms in total. The van der Waals surface area contributed by atoms with Gasteiger partial charge in [-0.3, -0.25) is 0 Å². The van der Waals surface area contributed by atoms with Gasteiger partial charge in [0.05, 0.1) is 0 Å². The minimum atomic E-state index is 0.573. The van der Waals surface area contributed by atoms with Crippen LogP contribution in [0.1, 0.15) is 11.1 Å². The fraction of sp³-hybridized carbons (Fsp3) is 0.294. The molecule has 6 heteroatoms. The number of nitrogens with two attached hydrogens (primary N) is 1. The molecule has 0 amide bonds. The summed E-state index contributed by atoms with van der Waals surface area (Å²) in [5.41, 5.74) is 7.35. The smallest absolute Gasteiger partial charge is 0.0453 e. The first-order chi connectivity index (χ1) is 11.0. The first-order valence-corrected chi connectivity index (χ1v) is 8.72. The average Bonchev–Trinajstić information content (AvgIpc) is 2.51. The predicted molar refractivity (Wildman–Crippen MR) is 103 cm³/mol. The summed E-state index contributed by atoms with van der Waals surface area (Å²) in [7, 11) is 1.91. The Bertz CT molecular complexity index is 577. The van der Waals surface area contributed by atoms with Gasteiger partial charge >= 0.3 is 0 Å². The maximum absolute atomic E-state index is 5.95. The topological polar surface area (TPSA) is 38.0 Å². The maximum Gasteiger partial charge on any atom is 0.0453 e. The Kier molecular flexibility index (Phi) is 9.96.